The molecule has 0 spiro atoms. The number of rotatable bonds is 3. The Morgan fingerprint density at radius 1 is 0.850 bits per heavy atom. The van der Waals surface area contributed by atoms with Crippen molar-refractivity contribution in [3.05, 3.63) is 60.8 Å². The van der Waals surface area contributed by atoms with Crippen molar-refractivity contribution in [2.24, 2.45) is 0 Å². The fourth-order valence-electron chi connectivity index (χ4n) is 1.91. The zero-order valence-corrected chi connectivity index (χ0v) is 11.0. The van der Waals surface area contributed by atoms with Crippen LogP contribution in [0.5, 0.6) is 5.75 Å². The van der Waals surface area contributed by atoms with E-state index >= 15 is 0 Å². The predicted molar refractivity (Wildman–Crippen MR) is 77.3 cm³/mol. The van der Waals surface area contributed by atoms with Gasteiger partial charge in [0.05, 0.1) is 19.0 Å². The third kappa shape index (κ3) is 2.49. The lowest BCUT2D eigenvalue weighted by Crippen LogP contribution is -1.94. The molecule has 20 heavy (non-hydrogen) atoms. The number of benzene rings is 2. The van der Waals surface area contributed by atoms with Gasteiger partial charge in [-0.25, -0.2) is 4.98 Å². The number of hydrogen-bond acceptors (Lipinski definition) is 4. The highest BCUT2D eigenvalue weighted by Crippen LogP contribution is 2.22. The fourth-order valence-corrected chi connectivity index (χ4v) is 1.91. The van der Waals surface area contributed by atoms with E-state index in [1.807, 2.05) is 54.6 Å². The summed E-state index contributed by atoms with van der Waals surface area (Å²) in [6.45, 7) is 0. The van der Waals surface area contributed by atoms with E-state index in [0.717, 1.165) is 22.6 Å². The Labute approximate surface area is 117 Å². The monoisotopic (exact) mass is 263 g/mol. The van der Waals surface area contributed by atoms with Crippen molar-refractivity contribution in [1.29, 1.82) is 0 Å². The average Bonchev–Trinajstić information content (AvgIpc) is 2.56. The zero-order valence-electron chi connectivity index (χ0n) is 11.0. The zero-order chi connectivity index (χ0) is 13.8. The second-order valence-corrected chi connectivity index (χ2v) is 4.26. The molecule has 0 fully saturated rings. The van der Waals surface area contributed by atoms with E-state index in [-0.39, 0.29) is 0 Å². The smallest absolute Gasteiger partial charge is 0.182 e. The Bertz CT molecular complexity index is 696. The van der Waals surface area contributed by atoms with Gasteiger partial charge < -0.3 is 4.74 Å². The molecule has 3 rings (SSSR count). The summed E-state index contributed by atoms with van der Waals surface area (Å²) in [6, 6.07) is 17.5. The Morgan fingerprint density at radius 3 is 2.30 bits per heavy atom. The van der Waals surface area contributed by atoms with Crippen LogP contribution in [0.4, 0.5) is 0 Å². The standard InChI is InChI=1S/C16H13N3O/c1-20-14-9-7-12(8-10-14)15-11-17-19-16(18-15)13-5-3-2-4-6-13/h2-11H,1H3. The van der Waals surface area contributed by atoms with Crippen molar-refractivity contribution in [3.8, 4) is 28.4 Å². The maximum atomic E-state index is 5.15. The van der Waals surface area contributed by atoms with Gasteiger partial charge in [0.1, 0.15) is 5.75 Å². The normalized spacial score (nSPS) is 10.2. The summed E-state index contributed by atoms with van der Waals surface area (Å²) >= 11 is 0. The van der Waals surface area contributed by atoms with Crippen LogP contribution in [0.3, 0.4) is 0 Å². The van der Waals surface area contributed by atoms with Gasteiger partial charge in [-0.3, -0.25) is 0 Å². The van der Waals surface area contributed by atoms with E-state index in [1.165, 1.54) is 0 Å². The van der Waals surface area contributed by atoms with E-state index in [1.54, 1.807) is 13.3 Å². The first kappa shape index (κ1) is 12.3. The molecule has 0 N–H and O–H groups in total. The highest BCUT2D eigenvalue weighted by Gasteiger charge is 2.05. The van der Waals surface area contributed by atoms with Crippen molar-refractivity contribution < 1.29 is 4.74 Å². The number of nitrogens with zero attached hydrogens (tertiary/aromatic N) is 3. The molecule has 0 saturated heterocycles. The molecule has 4 nitrogen and oxygen atoms in total. The number of methoxy groups -OCH3 is 1. The maximum absolute atomic E-state index is 5.15. The van der Waals surface area contributed by atoms with Gasteiger partial charge in [-0.15, -0.1) is 5.10 Å². The van der Waals surface area contributed by atoms with Gasteiger partial charge in [-0.1, -0.05) is 30.3 Å². The molecule has 0 amide bonds. The summed E-state index contributed by atoms with van der Waals surface area (Å²) in [5.41, 5.74) is 2.73. The molecule has 2 aromatic carbocycles. The van der Waals surface area contributed by atoms with Crippen LogP contribution in [0.15, 0.2) is 60.8 Å². The van der Waals surface area contributed by atoms with Crippen molar-refractivity contribution in [3.63, 3.8) is 0 Å². The maximum Gasteiger partial charge on any atom is 0.182 e. The van der Waals surface area contributed by atoms with Crippen LogP contribution in [0.1, 0.15) is 0 Å². The molecule has 0 aliphatic rings. The summed E-state index contributed by atoms with van der Waals surface area (Å²) < 4.78 is 5.15. The number of hydrogen-bond donors (Lipinski definition) is 0. The number of aromatic nitrogens is 3. The molecule has 98 valence electrons. The third-order valence-corrected chi connectivity index (χ3v) is 2.98. The first-order chi connectivity index (χ1) is 9.86. The van der Waals surface area contributed by atoms with Gasteiger partial charge in [0.2, 0.25) is 0 Å². The van der Waals surface area contributed by atoms with Crippen LogP contribution in [0.25, 0.3) is 22.6 Å². The van der Waals surface area contributed by atoms with E-state index in [0.29, 0.717) is 5.82 Å². The highest BCUT2D eigenvalue weighted by molar-refractivity contribution is 5.62. The first-order valence-corrected chi connectivity index (χ1v) is 6.26. The molecule has 1 heterocycles. The molecule has 0 saturated carbocycles. The van der Waals surface area contributed by atoms with Crippen LogP contribution in [0, 0.1) is 0 Å². The minimum Gasteiger partial charge on any atom is -0.497 e. The summed E-state index contributed by atoms with van der Waals surface area (Å²) in [5, 5.41) is 8.12. The summed E-state index contributed by atoms with van der Waals surface area (Å²) in [6.07, 6.45) is 1.66. The second kappa shape index (κ2) is 5.48. The quantitative estimate of drug-likeness (QED) is 0.728. The largest absolute Gasteiger partial charge is 0.497 e. The third-order valence-electron chi connectivity index (χ3n) is 2.98. The van der Waals surface area contributed by atoms with Crippen LogP contribution >= 0.6 is 0 Å². The fraction of sp³-hybridized carbons (Fsp3) is 0.0625. The van der Waals surface area contributed by atoms with Gasteiger partial charge >= 0.3 is 0 Å². The lowest BCUT2D eigenvalue weighted by molar-refractivity contribution is 0.415. The summed E-state index contributed by atoms with van der Waals surface area (Å²) in [5.74, 6) is 1.44. The molecule has 0 radical (unpaired) electrons. The molecule has 1 aromatic heterocycles. The van der Waals surface area contributed by atoms with E-state index in [2.05, 4.69) is 15.2 Å². The average molecular weight is 263 g/mol. The Hall–Kier alpha value is -2.75. The predicted octanol–water partition coefficient (Wildman–Crippen LogP) is 3.21. The molecular weight excluding hydrogens is 250 g/mol. The molecular formula is C16H13N3O. The SMILES string of the molecule is COc1ccc(-c2cnnc(-c3ccccc3)n2)cc1. The highest BCUT2D eigenvalue weighted by atomic mass is 16.5. The minimum atomic E-state index is 0.624. The van der Waals surface area contributed by atoms with Gasteiger partial charge in [0, 0.05) is 11.1 Å². The lowest BCUT2D eigenvalue weighted by atomic mass is 10.1. The molecule has 0 unspecified atom stereocenters. The van der Waals surface area contributed by atoms with Gasteiger partial charge in [0.25, 0.3) is 0 Å². The van der Waals surface area contributed by atoms with Gasteiger partial charge in [-0.05, 0) is 24.3 Å². The van der Waals surface area contributed by atoms with E-state index < -0.39 is 0 Å². The second-order valence-electron chi connectivity index (χ2n) is 4.26. The van der Waals surface area contributed by atoms with Crippen molar-refractivity contribution >= 4 is 0 Å². The van der Waals surface area contributed by atoms with Crippen LogP contribution in [-0.4, -0.2) is 22.3 Å². The first-order valence-electron chi connectivity index (χ1n) is 6.26. The molecule has 0 atom stereocenters. The molecule has 0 aliphatic heterocycles. The Balaban J connectivity index is 1.98. The summed E-state index contributed by atoms with van der Waals surface area (Å²) in [4.78, 5) is 4.55. The molecule has 0 aliphatic carbocycles. The Kier molecular flexibility index (Phi) is 3.37. The van der Waals surface area contributed by atoms with Crippen LogP contribution in [0.2, 0.25) is 0 Å². The number of ether oxygens (including phenoxy) is 1. The van der Waals surface area contributed by atoms with Gasteiger partial charge in [0.15, 0.2) is 5.82 Å². The van der Waals surface area contributed by atoms with Crippen molar-refractivity contribution in [1.82, 2.24) is 15.2 Å². The molecule has 3 aromatic rings. The summed E-state index contributed by atoms with van der Waals surface area (Å²) in [7, 11) is 1.65. The van der Waals surface area contributed by atoms with E-state index in [4.69, 9.17) is 4.74 Å². The van der Waals surface area contributed by atoms with Crippen molar-refractivity contribution in [2.75, 3.05) is 7.11 Å². The Morgan fingerprint density at radius 2 is 1.60 bits per heavy atom. The topological polar surface area (TPSA) is 47.9 Å². The lowest BCUT2D eigenvalue weighted by Gasteiger charge is -2.04. The van der Waals surface area contributed by atoms with E-state index in [9.17, 15) is 0 Å². The minimum absolute atomic E-state index is 0.624. The van der Waals surface area contributed by atoms with Crippen LogP contribution in [-0.2, 0) is 0 Å². The van der Waals surface area contributed by atoms with Crippen molar-refractivity contribution in [2.45, 2.75) is 0 Å². The molecule has 0 bridgehead atoms. The molecule has 4 heteroatoms. The van der Waals surface area contributed by atoms with Crippen LogP contribution < -0.4 is 4.74 Å². The van der Waals surface area contributed by atoms with Gasteiger partial charge in [-0.2, -0.15) is 5.10 Å².